The van der Waals surface area contributed by atoms with Gasteiger partial charge in [0.15, 0.2) is 0 Å². The molecule has 184 valence electrons. The molecule has 2 aromatic rings. The normalized spacial score (nSPS) is 13.1. The van der Waals surface area contributed by atoms with E-state index < -0.39 is 36.8 Å². The Hall–Kier alpha value is -2.52. The molecule has 0 aliphatic rings. The van der Waals surface area contributed by atoms with Crippen molar-refractivity contribution in [3.8, 4) is 5.75 Å². The summed E-state index contributed by atoms with van der Waals surface area (Å²) in [6.07, 6.45) is -4.03. The van der Waals surface area contributed by atoms with Gasteiger partial charge in [0.1, 0.15) is 30.7 Å². The van der Waals surface area contributed by atoms with Crippen LogP contribution in [0.4, 0.5) is 13.2 Å². The van der Waals surface area contributed by atoms with E-state index >= 15 is 0 Å². The molecule has 0 aliphatic heterocycles. The predicted octanol–water partition coefficient (Wildman–Crippen LogP) is 3.95. The lowest BCUT2D eigenvalue weighted by atomic mass is 9.72. The van der Waals surface area contributed by atoms with Crippen LogP contribution in [0, 0.1) is 6.92 Å². The van der Waals surface area contributed by atoms with Gasteiger partial charge in [0.25, 0.3) is 5.91 Å². The largest absolute Gasteiger partial charge is 0.491 e. The zero-order valence-corrected chi connectivity index (χ0v) is 19.5. The van der Waals surface area contributed by atoms with E-state index in [1.165, 1.54) is 0 Å². The van der Waals surface area contributed by atoms with Crippen LogP contribution in [0.25, 0.3) is 0 Å². The lowest BCUT2D eigenvalue weighted by Gasteiger charge is -2.34. The third kappa shape index (κ3) is 6.09. The van der Waals surface area contributed by atoms with Crippen LogP contribution in [-0.4, -0.2) is 52.7 Å². The molecule has 0 fully saturated rings. The van der Waals surface area contributed by atoms with E-state index in [9.17, 15) is 23.1 Å². The molecule has 1 atom stereocenters. The maximum absolute atomic E-state index is 12.6. The van der Waals surface area contributed by atoms with Crippen molar-refractivity contribution < 1.29 is 32.9 Å². The van der Waals surface area contributed by atoms with E-state index in [1.54, 1.807) is 10.6 Å². The number of rotatable bonds is 11. The highest BCUT2D eigenvalue weighted by atomic mass is 19.4. The number of aliphatic hydroxyl groups excluding tert-OH is 2. The molecule has 9 heteroatoms. The fourth-order valence-corrected chi connectivity index (χ4v) is 4.21. The number of aromatic nitrogens is 1. The van der Waals surface area contributed by atoms with Crippen LogP contribution in [0.3, 0.4) is 0 Å². The van der Waals surface area contributed by atoms with Gasteiger partial charge in [-0.1, -0.05) is 26.0 Å². The van der Waals surface area contributed by atoms with E-state index in [1.807, 2.05) is 57.3 Å². The highest BCUT2D eigenvalue weighted by molar-refractivity contribution is 5.93. The first-order valence-electron chi connectivity index (χ1n) is 11.1. The number of carbonyl (C=O) groups excluding carboxylic acids is 1. The quantitative estimate of drug-likeness (QED) is 0.465. The summed E-state index contributed by atoms with van der Waals surface area (Å²) in [5.74, 6) is -0.172. The maximum Gasteiger partial charge on any atom is 0.405 e. The number of hydrogen-bond acceptors (Lipinski definition) is 4. The van der Waals surface area contributed by atoms with Gasteiger partial charge in [-0.2, -0.15) is 13.2 Å². The van der Waals surface area contributed by atoms with Crippen molar-refractivity contribution in [2.45, 2.75) is 64.8 Å². The number of halogens is 3. The van der Waals surface area contributed by atoms with Crippen molar-refractivity contribution in [2.75, 3.05) is 19.8 Å². The SMILES string of the molecule is CCn1c(C(=O)NCC(F)(F)F)ccc1C(CC)(CC)c1ccc(OCC(O)CO)c(C)c1. The minimum absolute atomic E-state index is 0.0293. The van der Waals surface area contributed by atoms with Crippen LogP contribution >= 0.6 is 0 Å². The van der Waals surface area contributed by atoms with Crippen LogP contribution in [0.15, 0.2) is 30.3 Å². The third-order valence-electron chi connectivity index (χ3n) is 6.05. The second kappa shape index (κ2) is 11.1. The van der Waals surface area contributed by atoms with Gasteiger partial charge in [0, 0.05) is 17.7 Å². The second-order valence-corrected chi connectivity index (χ2v) is 8.06. The molecule has 0 radical (unpaired) electrons. The van der Waals surface area contributed by atoms with Gasteiger partial charge in [-0.05, 0) is 56.0 Å². The number of amides is 1. The number of hydrogen-bond donors (Lipinski definition) is 3. The zero-order valence-electron chi connectivity index (χ0n) is 19.5. The average molecular weight is 471 g/mol. The van der Waals surface area contributed by atoms with Crippen molar-refractivity contribution in [1.29, 1.82) is 0 Å². The van der Waals surface area contributed by atoms with Crippen LogP contribution in [0.2, 0.25) is 0 Å². The van der Waals surface area contributed by atoms with Crippen LogP contribution in [0.5, 0.6) is 5.75 Å². The zero-order chi connectivity index (χ0) is 24.8. The fraction of sp³-hybridized carbons (Fsp3) is 0.542. The Morgan fingerprint density at radius 3 is 2.33 bits per heavy atom. The summed E-state index contributed by atoms with van der Waals surface area (Å²) >= 11 is 0. The number of alkyl halides is 3. The highest BCUT2D eigenvalue weighted by Gasteiger charge is 2.35. The van der Waals surface area contributed by atoms with Gasteiger partial charge in [-0.25, -0.2) is 0 Å². The van der Waals surface area contributed by atoms with Crippen molar-refractivity contribution >= 4 is 5.91 Å². The molecule has 1 aromatic heterocycles. The summed E-state index contributed by atoms with van der Waals surface area (Å²) in [7, 11) is 0. The van der Waals surface area contributed by atoms with Gasteiger partial charge in [0.2, 0.25) is 0 Å². The van der Waals surface area contributed by atoms with Gasteiger partial charge in [-0.3, -0.25) is 4.79 Å². The summed E-state index contributed by atoms with van der Waals surface area (Å²) in [5.41, 5.74) is 2.43. The van der Waals surface area contributed by atoms with E-state index in [4.69, 9.17) is 9.84 Å². The molecule has 1 heterocycles. The monoisotopic (exact) mass is 470 g/mol. The molecule has 3 N–H and O–H groups in total. The Morgan fingerprint density at radius 1 is 1.15 bits per heavy atom. The first-order valence-corrected chi connectivity index (χ1v) is 11.1. The number of nitrogens with one attached hydrogen (secondary N) is 1. The Kier molecular flexibility index (Phi) is 8.97. The van der Waals surface area contributed by atoms with E-state index in [-0.39, 0.29) is 12.3 Å². The van der Waals surface area contributed by atoms with Crippen LogP contribution in [0.1, 0.15) is 60.9 Å². The summed E-state index contributed by atoms with van der Waals surface area (Å²) in [4.78, 5) is 12.5. The molecule has 1 amide bonds. The molecule has 1 unspecified atom stereocenters. The molecule has 0 aliphatic carbocycles. The van der Waals surface area contributed by atoms with Gasteiger partial charge in [-0.15, -0.1) is 0 Å². The number of carbonyl (C=O) groups is 1. The van der Waals surface area contributed by atoms with Crippen LogP contribution in [-0.2, 0) is 12.0 Å². The summed E-state index contributed by atoms with van der Waals surface area (Å²) < 4.78 is 45.1. The van der Waals surface area contributed by atoms with Crippen molar-refractivity contribution in [3.05, 3.63) is 52.8 Å². The lowest BCUT2D eigenvalue weighted by molar-refractivity contribution is -0.123. The fourth-order valence-electron chi connectivity index (χ4n) is 4.21. The smallest absolute Gasteiger partial charge is 0.405 e. The van der Waals surface area contributed by atoms with Crippen molar-refractivity contribution in [2.24, 2.45) is 0 Å². The average Bonchev–Trinajstić information content (AvgIpc) is 3.22. The summed E-state index contributed by atoms with van der Waals surface area (Å²) in [6.45, 7) is 6.45. The molecular formula is C24H33F3N2O4. The van der Waals surface area contributed by atoms with Gasteiger partial charge < -0.3 is 24.8 Å². The van der Waals surface area contributed by atoms with Crippen molar-refractivity contribution in [1.82, 2.24) is 9.88 Å². The van der Waals surface area contributed by atoms with Crippen molar-refractivity contribution in [3.63, 3.8) is 0 Å². The molecule has 0 bridgehead atoms. The van der Waals surface area contributed by atoms with E-state index in [0.717, 1.165) is 16.8 Å². The first-order chi connectivity index (χ1) is 15.5. The number of benzene rings is 1. The lowest BCUT2D eigenvalue weighted by Crippen LogP contribution is -2.36. The molecule has 2 rings (SSSR count). The number of aliphatic hydroxyl groups is 2. The number of nitrogens with zero attached hydrogens (tertiary/aromatic N) is 1. The minimum Gasteiger partial charge on any atom is -0.491 e. The third-order valence-corrected chi connectivity index (χ3v) is 6.05. The summed E-state index contributed by atoms with van der Waals surface area (Å²) in [6, 6.07) is 9.12. The predicted molar refractivity (Wildman–Crippen MR) is 120 cm³/mol. The van der Waals surface area contributed by atoms with E-state index in [0.29, 0.717) is 25.1 Å². The highest BCUT2D eigenvalue weighted by Crippen LogP contribution is 2.41. The number of ether oxygens (including phenoxy) is 1. The molecule has 1 aromatic carbocycles. The standard InChI is InChI=1S/C24H33F3N2O4/c1-5-23(6-2,17-8-10-20(16(4)12-17)33-14-18(31)13-30)21-11-9-19(29(21)7-3)22(32)28-15-24(25,26)27/h8-12,18,30-31H,5-7,13-15H2,1-4H3,(H,28,32). The second-order valence-electron chi connectivity index (χ2n) is 8.06. The Balaban J connectivity index is 2.44. The van der Waals surface area contributed by atoms with Crippen LogP contribution < -0.4 is 10.1 Å². The maximum atomic E-state index is 12.6. The molecule has 33 heavy (non-hydrogen) atoms. The van der Waals surface area contributed by atoms with Gasteiger partial charge in [0.05, 0.1) is 6.61 Å². The molecule has 0 spiro atoms. The molecule has 0 saturated heterocycles. The van der Waals surface area contributed by atoms with E-state index in [2.05, 4.69) is 0 Å². The Labute approximate surface area is 192 Å². The minimum atomic E-state index is -4.48. The Bertz CT molecular complexity index is 936. The molecule has 6 nitrogen and oxygen atoms in total. The topological polar surface area (TPSA) is 83.7 Å². The Morgan fingerprint density at radius 2 is 1.82 bits per heavy atom. The molecular weight excluding hydrogens is 437 g/mol. The first kappa shape index (κ1) is 26.7. The summed E-state index contributed by atoms with van der Waals surface area (Å²) in [5, 5.41) is 20.5. The molecule has 0 saturated carbocycles. The van der Waals surface area contributed by atoms with Gasteiger partial charge >= 0.3 is 6.18 Å². The number of aryl methyl sites for hydroxylation is 1.